The van der Waals surface area contributed by atoms with Gasteiger partial charge >= 0.3 is 0 Å². The van der Waals surface area contributed by atoms with Crippen molar-refractivity contribution in [1.29, 1.82) is 0 Å². The number of likely N-dealkylation sites (N-methyl/N-ethyl adjacent to an activating group) is 1. The Kier molecular flexibility index (Phi) is 7.09. The first kappa shape index (κ1) is 14.9. The molecule has 0 aromatic rings. The van der Waals surface area contributed by atoms with Crippen LogP contribution in [0.2, 0.25) is 0 Å². The summed E-state index contributed by atoms with van der Waals surface area (Å²) in [6, 6.07) is 0.602. The third-order valence-electron chi connectivity index (χ3n) is 3.88. The van der Waals surface area contributed by atoms with E-state index in [4.69, 9.17) is 4.74 Å². The fourth-order valence-electron chi connectivity index (χ4n) is 2.22. The van der Waals surface area contributed by atoms with Gasteiger partial charge in [-0.25, -0.2) is 0 Å². The molecule has 1 N–H and O–H groups in total. The van der Waals surface area contributed by atoms with Crippen LogP contribution in [0.3, 0.4) is 0 Å². The summed E-state index contributed by atoms with van der Waals surface area (Å²) >= 11 is 0. The Morgan fingerprint density at radius 1 is 1.41 bits per heavy atom. The normalized spacial score (nSPS) is 24.2. The minimum absolute atomic E-state index is 0.460. The second-order valence-corrected chi connectivity index (χ2v) is 5.60. The number of nitrogens with one attached hydrogen (secondary N) is 1. The van der Waals surface area contributed by atoms with Crippen molar-refractivity contribution in [2.45, 2.75) is 52.2 Å². The molecule has 3 atom stereocenters. The first-order chi connectivity index (χ1) is 8.13. The van der Waals surface area contributed by atoms with E-state index in [2.05, 4.69) is 38.0 Å². The van der Waals surface area contributed by atoms with Crippen LogP contribution >= 0.6 is 0 Å². The van der Waals surface area contributed by atoms with Crippen LogP contribution in [-0.2, 0) is 4.74 Å². The zero-order chi connectivity index (χ0) is 12.7. The maximum Gasteiger partial charge on any atom is 0.0700 e. The SMILES string of the molecule is CCC(C)CN(C)C(C)CNCC1CCCO1. The highest BCUT2D eigenvalue weighted by Crippen LogP contribution is 2.10. The van der Waals surface area contributed by atoms with E-state index in [1.165, 1.54) is 25.8 Å². The van der Waals surface area contributed by atoms with Gasteiger partial charge in [-0.3, -0.25) is 0 Å². The molecule has 0 aromatic heterocycles. The lowest BCUT2D eigenvalue weighted by molar-refractivity contribution is 0.107. The number of rotatable bonds is 8. The summed E-state index contributed by atoms with van der Waals surface area (Å²) in [5.41, 5.74) is 0. The molecular formula is C14H30N2O. The number of hydrogen-bond donors (Lipinski definition) is 1. The molecule has 3 heteroatoms. The third-order valence-corrected chi connectivity index (χ3v) is 3.88. The minimum atomic E-state index is 0.460. The summed E-state index contributed by atoms with van der Waals surface area (Å²) in [5.74, 6) is 0.792. The molecule has 0 radical (unpaired) electrons. The van der Waals surface area contributed by atoms with Gasteiger partial charge in [-0.1, -0.05) is 20.3 Å². The van der Waals surface area contributed by atoms with Crippen LogP contribution in [0.25, 0.3) is 0 Å². The quantitative estimate of drug-likeness (QED) is 0.705. The lowest BCUT2D eigenvalue weighted by atomic mass is 10.1. The topological polar surface area (TPSA) is 24.5 Å². The van der Waals surface area contributed by atoms with E-state index in [9.17, 15) is 0 Å². The molecule has 1 rings (SSSR count). The maximum absolute atomic E-state index is 5.60. The molecule has 1 aliphatic heterocycles. The molecule has 0 saturated carbocycles. The largest absolute Gasteiger partial charge is 0.377 e. The minimum Gasteiger partial charge on any atom is -0.377 e. The molecule has 3 unspecified atom stereocenters. The molecule has 3 nitrogen and oxygen atoms in total. The lowest BCUT2D eigenvalue weighted by Gasteiger charge is -2.27. The highest BCUT2D eigenvalue weighted by atomic mass is 16.5. The molecule has 1 heterocycles. The average Bonchev–Trinajstić information content (AvgIpc) is 2.81. The molecule has 0 amide bonds. The summed E-state index contributed by atoms with van der Waals surface area (Å²) < 4.78 is 5.60. The van der Waals surface area contributed by atoms with Gasteiger partial charge in [0.05, 0.1) is 6.10 Å². The summed E-state index contributed by atoms with van der Waals surface area (Å²) in [6.07, 6.45) is 4.18. The standard InChI is InChI=1S/C14H30N2O/c1-5-12(2)11-16(4)13(3)9-15-10-14-7-6-8-17-14/h12-15H,5-11H2,1-4H3. The van der Waals surface area contributed by atoms with E-state index in [1.807, 2.05) is 0 Å². The molecule has 0 aromatic carbocycles. The van der Waals surface area contributed by atoms with E-state index < -0.39 is 0 Å². The van der Waals surface area contributed by atoms with Gasteiger partial charge in [0, 0.05) is 32.3 Å². The lowest BCUT2D eigenvalue weighted by Crippen LogP contribution is -2.41. The molecule has 0 bridgehead atoms. The van der Waals surface area contributed by atoms with E-state index in [0.717, 1.165) is 25.6 Å². The highest BCUT2D eigenvalue weighted by Gasteiger charge is 2.16. The summed E-state index contributed by atoms with van der Waals surface area (Å²) in [6.45, 7) is 11.1. The van der Waals surface area contributed by atoms with Gasteiger partial charge < -0.3 is 15.0 Å². The van der Waals surface area contributed by atoms with Crippen molar-refractivity contribution in [1.82, 2.24) is 10.2 Å². The van der Waals surface area contributed by atoms with Crippen LogP contribution in [0.1, 0.15) is 40.0 Å². The van der Waals surface area contributed by atoms with E-state index in [-0.39, 0.29) is 0 Å². The fourth-order valence-corrected chi connectivity index (χ4v) is 2.22. The van der Waals surface area contributed by atoms with Crippen molar-refractivity contribution in [2.24, 2.45) is 5.92 Å². The average molecular weight is 242 g/mol. The molecule has 102 valence electrons. The molecular weight excluding hydrogens is 212 g/mol. The van der Waals surface area contributed by atoms with Crippen molar-refractivity contribution in [3.05, 3.63) is 0 Å². The van der Waals surface area contributed by atoms with Crippen molar-refractivity contribution in [2.75, 3.05) is 33.3 Å². The Hall–Kier alpha value is -0.120. The van der Waals surface area contributed by atoms with Gasteiger partial charge in [-0.05, 0) is 32.7 Å². The Balaban J connectivity index is 2.08. The van der Waals surface area contributed by atoms with Gasteiger partial charge in [-0.15, -0.1) is 0 Å². The van der Waals surface area contributed by atoms with Gasteiger partial charge in [0.15, 0.2) is 0 Å². The van der Waals surface area contributed by atoms with E-state index in [0.29, 0.717) is 12.1 Å². The summed E-state index contributed by atoms with van der Waals surface area (Å²) in [4.78, 5) is 2.46. The molecule has 1 saturated heterocycles. The van der Waals surface area contributed by atoms with Crippen molar-refractivity contribution in [3.63, 3.8) is 0 Å². The fraction of sp³-hybridized carbons (Fsp3) is 1.00. The van der Waals surface area contributed by atoms with E-state index in [1.54, 1.807) is 0 Å². The van der Waals surface area contributed by atoms with Crippen molar-refractivity contribution >= 4 is 0 Å². The molecule has 1 fully saturated rings. The van der Waals surface area contributed by atoms with Crippen molar-refractivity contribution in [3.8, 4) is 0 Å². The van der Waals surface area contributed by atoms with Crippen molar-refractivity contribution < 1.29 is 4.74 Å². The maximum atomic E-state index is 5.60. The summed E-state index contributed by atoms with van der Waals surface area (Å²) in [7, 11) is 2.23. The number of nitrogens with zero attached hydrogens (tertiary/aromatic N) is 1. The number of ether oxygens (including phenoxy) is 1. The predicted molar refractivity (Wildman–Crippen MR) is 73.4 cm³/mol. The molecule has 17 heavy (non-hydrogen) atoms. The Bertz CT molecular complexity index is 193. The Labute approximate surface area is 107 Å². The Morgan fingerprint density at radius 2 is 2.18 bits per heavy atom. The van der Waals surface area contributed by atoms with Crippen LogP contribution < -0.4 is 5.32 Å². The van der Waals surface area contributed by atoms with Crippen LogP contribution in [-0.4, -0.2) is 50.3 Å². The monoisotopic (exact) mass is 242 g/mol. The highest BCUT2D eigenvalue weighted by molar-refractivity contribution is 4.72. The zero-order valence-electron chi connectivity index (χ0n) is 12.0. The summed E-state index contributed by atoms with van der Waals surface area (Å²) in [5, 5.41) is 3.53. The van der Waals surface area contributed by atoms with Gasteiger partial charge in [0.1, 0.15) is 0 Å². The first-order valence-corrected chi connectivity index (χ1v) is 7.16. The Morgan fingerprint density at radius 3 is 2.76 bits per heavy atom. The van der Waals surface area contributed by atoms with Crippen LogP contribution in [0.15, 0.2) is 0 Å². The van der Waals surface area contributed by atoms with E-state index >= 15 is 0 Å². The first-order valence-electron chi connectivity index (χ1n) is 7.16. The third kappa shape index (κ3) is 5.84. The molecule has 0 aliphatic carbocycles. The smallest absolute Gasteiger partial charge is 0.0700 e. The van der Waals surface area contributed by atoms with Crippen LogP contribution in [0, 0.1) is 5.92 Å². The van der Waals surface area contributed by atoms with Crippen LogP contribution in [0.5, 0.6) is 0 Å². The number of hydrogen-bond acceptors (Lipinski definition) is 3. The predicted octanol–water partition coefficient (Wildman–Crippen LogP) is 2.12. The molecule has 0 spiro atoms. The zero-order valence-corrected chi connectivity index (χ0v) is 12.0. The van der Waals surface area contributed by atoms with Gasteiger partial charge in [-0.2, -0.15) is 0 Å². The molecule has 1 aliphatic rings. The van der Waals surface area contributed by atoms with Gasteiger partial charge in [0.2, 0.25) is 0 Å². The van der Waals surface area contributed by atoms with Gasteiger partial charge in [0.25, 0.3) is 0 Å². The second kappa shape index (κ2) is 8.06. The van der Waals surface area contributed by atoms with Crippen LogP contribution in [0.4, 0.5) is 0 Å². The second-order valence-electron chi connectivity index (χ2n) is 5.60.